The average molecular weight is 444 g/mol. The van der Waals surface area contributed by atoms with Crippen LogP contribution >= 0.6 is 0 Å². The summed E-state index contributed by atoms with van der Waals surface area (Å²) in [5.41, 5.74) is 3.43. The predicted molar refractivity (Wildman–Crippen MR) is 128 cm³/mol. The SMILES string of the molecule is COc1ccc(/C(O)=C2/C(=O)C(=O)N(c3ccc(N(C)C)cc3)C2c2ccncc2)c(C)c1. The molecule has 0 bridgehead atoms. The lowest BCUT2D eigenvalue weighted by Gasteiger charge is -2.26. The summed E-state index contributed by atoms with van der Waals surface area (Å²) in [7, 11) is 5.41. The maximum absolute atomic E-state index is 13.2. The Morgan fingerprint density at radius 2 is 1.70 bits per heavy atom. The van der Waals surface area contributed by atoms with Crippen LogP contribution in [-0.2, 0) is 9.59 Å². The number of rotatable bonds is 5. The number of hydrogen-bond donors (Lipinski definition) is 1. The summed E-state index contributed by atoms with van der Waals surface area (Å²) in [5, 5.41) is 11.3. The fraction of sp³-hybridized carbons (Fsp3) is 0.192. The van der Waals surface area contributed by atoms with Crippen molar-refractivity contribution in [3.05, 3.63) is 89.3 Å². The van der Waals surface area contributed by atoms with Gasteiger partial charge in [0.2, 0.25) is 0 Å². The highest BCUT2D eigenvalue weighted by atomic mass is 16.5. The molecule has 7 heteroatoms. The second kappa shape index (κ2) is 8.78. The molecule has 0 aliphatic carbocycles. The molecule has 1 saturated heterocycles. The molecule has 2 aromatic carbocycles. The van der Waals surface area contributed by atoms with Crippen LogP contribution in [0, 0.1) is 6.92 Å². The third-order valence-electron chi connectivity index (χ3n) is 5.80. The highest BCUT2D eigenvalue weighted by Crippen LogP contribution is 2.42. The average Bonchev–Trinajstić information content (AvgIpc) is 3.09. The number of aliphatic hydroxyl groups excluding tert-OH is 1. The van der Waals surface area contributed by atoms with Crippen LogP contribution in [0.5, 0.6) is 5.75 Å². The van der Waals surface area contributed by atoms with Crippen LogP contribution in [0.3, 0.4) is 0 Å². The number of aryl methyl sites for hydroxylation is 1. The number of pyridine rings is 1. The molecule has 0 spiro atoms. The largest absolute Gasteiger partial charge is 0.507 e. The molecule has 1 N–H and O–H groups in total. The van der Waals surface area contributed by atoms with E-state index in [1.165, 1.54) is 4.90 Å². The predicted octanol–water partition coefficient (Wildman–Crippen LogP) is 4.09. The third kappa shape index (κ3) is 3.93. The lowest BCUT2D eigenvalue weighted by Crippen LogP contribution is -2.29. The zero-order valence-corrected chi connectivity index (χ0v) is 18.9. The van der Waals surface area contributed by atoms with Gasteiger partial charge in [0.25, 0.3) is 11.7 Å². The minimum absolute atomic E-state index is 0.0381. The zero-order valence-electron chi connectivity index (χ0n) is 18.9. The number of carbonyl (C=O) groups is 2. The summed E-state index contributed by atoms with van der Waals surface area (Å²) in [6, 6.07) is 15.2. The maximum Gasteiger partial charge on any atom is 0.300 e. The Morgan fingerprint density at radius 3 is 2.27 bits per heavy atom. The van der Waals surface area contributed by atoms with E-state index in [4.69, 9.17) is 4.74 Å². The minimum atomic E-state index is -0.792. The Labute approximate surface area is 192 Å². The summed E-state index contributed by atoms with van der Waals surface area (Å²) in [6.45, 7) is 1.81. The van der Waals surface area contributed by atoms with Crippen LogP contribution in [0.2, 0.25) is 0 Å². The van der Waals surface area contributed by atoms with Crippen LogP contribution in [0.4, 0.5) is 11.4 Å². The van der Waals surface area contributed by atoms with Gasteiger partial charge in [0.1, 0.15) is 11.5 Å². The molecule has 1 unspecified atom stereocenters. The molecule has 0 saturated carbocycles. The van der Waals surface area contributed by atoms with Crippen molar-refractivity contribution in [3.63, 3.8) is 0 Å². The van der Waals surface area contributed by atoms with Crippen molar-refractivity contribution in [2.45, 2.75) is 13.0 Å². The fourth-order valence-corrected chi connectivity index (χ4v) is 4.05. The summed E-state index contributed by atoms with van der Waals surface area (Å²) < 4.78 is 5.25. The van der Waals surface area contributed by atoms with Crippen molar-refractivity contribution in [1.82, 2.24) is 4.98 Å². The smallest absolute Gasteiger partial charge is 0.300 e. The van der Waals surface area contributed by atoms with Gasteiger partial charge in [-0.05, 0) is 72.6 Å². The van der Waals surface area contributed by atoms with E-state index in [0.29, 0.717) is 22.6 Å². The van der Waals surface area contributed by atoms with E-state index >= 15 is 0 Å². The first kappa shape index (κ1) is 22.1. The Bertz CT molecular complexity index is 1230. The zero-order chi connectivity index (χ0) is 23.7. The number of Topliss-reactive ketones (excluding diaryl/α,β-unsaturated/α-hetero) is 1. The van der Waals surface area contributed by atoms with Crippen LogP contribution in [0.25, 0.3) is 5.76 Å². The van der Waals surface area contributed by atoms with Crippen LogP contribution in [-0.4, -0.2) is 43.0 Å². The van der Waals surface area contributed by atoms with Gasteiger partial charge >= 0.3 is 0 Å². The van der Waals surface area contributed by atoms with Gasteiger partial charge < -0.3 is 14.7 Å². The van der Waals surface area contributed by atoms with Gasteiger partial charge in [0, 0.05) is 43.4 Å². The first-order chi connectivity index (χ1) is 15.8. The monoisotopic (exact) mass is 443 g/mol. The topological polar surface area (TPSA) is 83.0 Å². The number of ether oxygens (including phenoxy) is 1. The summed E-state index contributed by atoms with van der Waals surface area (Å²) >= 11 is 0. The number of nitrogens with zero attached hydrogens (tertiary/aromatic N) is 3. The third-order valence-corrected chi connectivity index (χ3v) is 5.80. The molecular formula is C26H25N3O4. The van der Waals surface area contributed by atoms with Gasteiger partial charge in [-0.2, -0.15) is 0 Å². The summed E-state index contributed by atoms with van der Waals surface area (Å²) in [4.78, 5) is 33.9. The van der Waals surface area contributed by atoms with Crippen molar-refractivity contribution in [1.29, 1.82) is 0 Å². The Balaban J connectivity index is 1.90. The number of methoxy groups -OCH3 is 1. The molecule has 33 heavy (non-hydrogen) atoms. The standard InChI is InChI=1S/C26H25N3O4/c1-16-15-20(33-4)9-10-21(16)24(30)22-23(17-11-13-27-14-12-17)29(26(32)25(22)31)19-7-5-18(6-8-19)28(2)3/h5-15,23,30H,1-4H3/b24-22-. The molecule has 3 aromatic rings. The number of amides is 1. The van der Waals surface area contributed by atoms with Crippen molar-refractivity contribution in [3.8, 4) is 5.75 Å². The molecule has 1 fully saturated rings. The quantitative estimate of drug-likeness (QED) is 0.363. The van der Waals surface area contributed by atoms with Gasteiger partial charge in [0.15, 0.2) is 0 Å². The number of benzene rings is 2. The van der Waals surface area contributed by atoms with Gasteiger partial charge in [0.05, 0.1) is 18.7 Å². The number of anilines is 2. The van der Waals surface area contributed by atoms with Crippen LogP contribution in [0.1, 0.15) is 22.7 Å². The molecule has 168 valence electrons. The molecule has 1 aromatic heterocycles. The van der Waals surface area contributed by atoms with E-state index in [9.17, 15) is 14.7 Å². The van der Waals surface area contributed by atoms with Gasteiger partial charge in [-0.15, -0.1) is 0 Å². The van der Waals surface area contributed by atoms with Crippen molar-refractivity contribution in [2.75, 3.05) is 31.0 Å². The van der Waals surface area contributed by atoms with Gasteiger partial charge in [-0.3, -0.25) is 19.5 Å². The van der Waals surface area contributed by atoms with E-state index in [0.717, 1.165) is 11.3 Å². The lowest BCUT2D eigenvalue weighted by atomic mass is 9.94. The van der Waals surface area contributed by atoms with Crippen molar-refractivity contribution >= 4 is 28.8 Å². The van der Waals surface area contributed by atoms with E-state index in [1.54, 1.807) is 62.0 Å². The van der Waals surface area contributed by atoms with Gasteiger partial charge in [-0.1, -0.05) is 0 Å². The number of aromatic nitrogens is 1. The first-order valence-corrected chi connectivity index (χ1v) is 10.5. The van der Waals surface area contributed by atoms with E-state index in [-0.39, 0.29) is 11.3 Å². The lowest BCUT2D eigenvalue weighted by molar-refractivity contribution is -0.132. The Hall–Kier alpha value is -4.13. The summed E-state index contributed by atoms with van der Waals surface area (Å²) in [6.07, 6.45) is 3.20. The summed E-state index contributed by atoms with van der Waals surface area (Å²) in [5.74, 6) is -1.01. The molecule has 1 amide bonds. The van der Waals surface area contributed by atoms with E-state index in [1.807, 2.05) is 38.1 Å². The number of hydrogen-bond acceptors (Lipinski definition) is 6. The highest BCUT2D eigenvalue weighted by molar-refractivity contribution is 6.51. The number of carbonyl (C=O) groups excluding carboxylic acids is 2. The van der Waals surface area contributed by atoms with Crippen LogP contribution < -0.4 is 14.5 Å². The first-order valence-electron chi connectivity index (χ1n) is 10.5. The normalized spacial score (nSPS) is 17.3. The Kier molecular flexibility index (Phi) is 5.87. The van der Waals surface area contributed by atoms with Gasteiger partial charge in [-0.25, -0.2) is 0 Å². The molecule has 2 heterocycles. The molecule has 7 nitrogen and oxygen atoms in total. The molecule has 1 aliphatic heterocycles. The molecule has 1 aliphatic rings. The number of aliphatic hydroxyl groups is 1. The van der Waals surface area contributed by atoms with Crippen molar-refractivity contribution < 1.29 is 19.4 Å². The molecule has 1 atom stereocenters. The maximum atomic E-state index is 13.2. The molecule has 4 rings (SSSR count). The highest BCUT2D eigenvalue weighted by Gasteiger charge is 2.47. The molecular weight excluding hydrogens is 418 g/mol. The number of ketones is 1. The van der Waals surface area contributed by atoms with Crippen molar-refractivity contribution in [2.24, 2.45) is 0 Å². The second-order valence-electron chi connectivity index (χ2n) is 8.04. The molecule has 0 radical (unpaired) electrons. The fourth-order valence-electron chi connectivity index (χ4n) is 4.05. The van der Waals surface area contributed by atoms with Crippen LogP contribution in [0.15, 0.2) is 72.6 Å². The Morgan fingerprint density at radius 1 is 1.03 bits per heavy atom. The second-order valence-corrected chi connectivity index (χ2v) is 8.04. The van der Waals surface area contributed by atoms with E-state index in [2.05, 4.69) is 4.98 Å². The van der Waals surface area contributed by atoms with E-state index < -0.39 is 17.7 Å². The minimum Gasteiger partial charge on any atom is -0.507 e.